The van der Waals surface area contributed by atoms with E-state index in [1.807, 2.05) is 12.1 Å². The minimum Gasteiger partial charge on any atom is -0.497 e. The third-order valence-corrected chi connectivity index (χ3v) is 3.86. The Bertz CT molecular complexity index is 355. The molecule has 1 N–H and O–H groups in total. The van der Waals surface area contributed by atoms with E-state index in [4.69, 9.17) is 9.47 Å². The van der Waals surface area contributed by atoms with Gasteiger partial charge in [0.05, 0.1) is 13.2 Å². The molecule has 1 heterocycles. The first-order chi connectivity index (χ1) is 9.31. The monoisotopic (exact) mass is 264 g/mol. The molecule has 2 atom stereocenters. The Balaban J connectivity index is 1.79. The number of hydrogen-bond acceptors (Lipinski definition) is 3. The summed E-state index contributed by atoms with van der Waals surface area (Å²) < 4.78 is 10.8. The number of ether oxygens (including phenoxy) is 2. The van der Waals surface area contributed by atoms with Gasteiger partial charge in [-0.3, -0.25) is 0 Å². The zero-order valence-electron chi connectivity index (χ0n) is 11.7. The molecule has 2 unspecified atom stereocenters. The zero-order valence-corrected chi connectivity index (χ0v) is 11.7. The fourth-order valence-corrected chi connectivity index (χ4v) is 2.65. The van der Waals surface area contributed by atoms with Gasteiger partial charge in [-0.05, 0) is 55.7 Å². The van der Waals surface area contributed by atoms with Crippen molar-refractivity contribution in [2.45, 2.75) is 38.2 Å². The molecule has 1 fully saturated rings. The summed E-state index contributed by atoms with van der Waals surface area (Å²) in [5.74, 6) is 1.21. The third-order valence-electron chi connectivity index (χ3n) is 3.86. The molecule has 1 aromatic rings. The lowest BCUT2D eigenvalue weighted by Gasteiger charge is -2.17. The van der Waals surface area contributed by atoms with Crippen molar-refractivity contribution >= 4 is 0 Å². The van der Waals surface area contributed by atoms with Crippen molar-refractivity contribution in [2.75, 3.05) is 20.3 Å². The predicted molar refractivity (Wildman–Crippen MR) is 75.5 cm³/mol. The summed E-state index contributed by atoms with van der Waals surface area (Å²) in [5.41, 5.74) is 1.26. The Kier molecular flexibility index (Phi) is 5.67. The topological polar surface area (TPSA) is 38.7 Å². The summed E-state index contributed by atoms with van der Waals surface area (Å²) in [6.45, 7) is 1.16. The van der Waals surface area contributed by atoms with E-state index in [2.05, 4.69) is 12.1 Å². The van der Waals surface area contributed by atoms with Gasteiger partial charge in [-0.1, -0.05) is 12.1 Å². The Labute approximate surface area is 115 Å². The fraction of sp³-hybridized carbons (Fsp3) is 0.625. The van der Waals surface area contributed by atoms with E-state index in [0.717, 1.165) is 31.6 Å². The molecule has 2 rings (SSSR count). The minimum atomic E-state index is 0.249. The van der Waals surface area contributed by atoms with Crippen molar-refractivity contribution in [2.24, 2.45) is 5.92 Å². The van der Waals surface area contributed by atoms with Crippen molar-refractivity contribution in [3.8, 4) is 5.75 Å². The van der Waals surface area contributed by atoms with Crippen molar-refractivity contribution in [1.29, 1.82) is 0 Å². The Morgan fingerprint density at radius 2 is 2.16 bits per heavy atom. The van der Waals surface area contributed by atoms with Crippen LogP contribution in [0.2, 0.25) is 0 Å². The van der Waals surface area contributed by atoms with Crippen LogP contribution in [0.15, 0.2) is 24.3 Å². The quantitative estimate of drug-likeness (QED) is 0.823. The standard InChI is InChI=1S/C16H24O3/c1-18-15-7-4-13(5-8-15)11-14(12-17)6-9-16-3-2-10-19-16/h4-5,7-8,14,16-17H,2-3,6,9-12H2,1H3. The lowest BCUT2D eigenvalue weighted by molar-refractivity contribution is 0.0932. The van der Waals surface area contributed by atoms with Gasteiger partial charge in [0.25, 0.3) is 0 Å². The van der Waals surface area contributed by atoms with Crippen molar-refractivity contribution in [3.63, 3.8) is 0 Å². The number of benzene rings is 1. The van der Waals surface area contributed by atoms with E-state index in [0.29, 0.717) is 12.0 Å². The summed E-state index contributed by atoms with van der Waals surface area (Å²) in [5, 5.41) is 9.50. The van der Waals surface area contributed by atoms with Gasteiger partial charge in [0.15, 0.2) is 0 Å². The van der Waals surface area contributed by atoms with Gasteiger partial charge < -0.3 is 14.6 Å². The van der Waals surface area contributed by atoms with Gasteiger partial charge in [0.2, 0.25) is 0 Å². The fourth-order valence-electron chi connectivity index (χ4n) is 2.65. The van der Waals surface area contributed by atoms with Crippen LogP contribution < -0.4 is 4.74 Å². The number of aliphatic hydroxyl groups excluding tert-OH is 1. The average molecular weight is 264 g/mol. The van der Waals surface area contributed by atoms with E-state index < -0.39 is 0 Å². The molecule has 1 aliphatic rings. The van der Waals surface area contributed by atoms with Crippen LogP contribution in [0.5, 0.6) is 5.75 Å². The predicted octanol–water partition coefficient (Wildman–Crippen LogP) is 2.81. The lowest BCUT2D eigenvalue weighted by Crippen LogP contribution is -2.14. The largest absolute Gasteiger partial charge is 0.497 e. The molecular formula is C16H24O3. The highest BCUT2D eigenvalue weighted by Gasteiger charge is 2.17. The van der Waals surface area contributed by atoms with Crippen LogP contribution >= 0.6 is 0 Å². The maximum absolute atomic E-state index is 9.50. The van der Waals surface area contributed by atoms with E-state index in [9.17, 15) is 5.11 Å². The number of aliphatic hydroxyl groups is 1. The average Bonchev–Trinajstić information content (AvgIpc) is 2.97. The van der Waals surface area contributed by atoms with Crippen LogP contribution in [0.1, 0.15) is 31.2 Å². The first-order valence-corrected chi connectivity index (χ1v) is 7.17. The smallest absolute Gasteiger partial charge is 0.118 e. The van der Waals surface area contributed by atoms with E-state index in [1.165, 1.54) is 18.4 Å². The van der Waals surface area contributed by atoms with Crippen LogP contribution in [-0.2, 0) is 11.2 Å². The normalized spacial score (nSPS) is 20.4. The molecule has 0 radical (unpaired) electrons. The van der Waals surface area contributed by atoms with Gasteiger partial charge in [0, 0.05) is 13.2 Å². The molecule has 0 aromatic heterocycles. The highest BCUT2D eigenvalue weighted by molar-refractivity contribution is 5.27. The van der Waals surface area contributed by atoms with Gasteiger partial charge in [0.1, 0.15) is 5.75 Å². The van der Waals surface area contributed by atoms with E-state index >= 15 is 0 Å². The molecule has 1 aromatic carbocycles. The van der Waals surface area contributed by atoms with Crippen LogP contribution in [0.4, 0.5) is 0 Å². The molecule has 1 aliphatic heterocycles. The molecule has 0 bridgehead atoms. The Morgan fingerprint density at radius 1 is 1.37 bits per heavy atom. The molecule has 19 heavy (non-hydrogen) atoms. The van der Waals surface area contributed by atoms with Crippen LogP contribution in [0.3, 0.4) is 0 Å². The summed E-state index contributed by atoms with van der Waals surface area (Å²) in [4.78, 5) is 0. The van der Waals surface area contributed by atoms with E-state index in [1.54, 1.807) is 7.11 Å². The minimum absolute atomic E-state index is 0.249. The van der Waals surface area contributed by atoms with Crippen molar-refractivity contribution < 1.29 is 14.6 Å². The first kappa shape index (κ1) is 14.4. The third kappa shape index (κ3) is 4.51. The highest BCUT2D eigenvalue weighted by Crippen LogP contribution is 2.22. The first-order valence-electron chi connectivity index (χ1n) is 7.17. The van der Waals surface area contributed by atoms with Gasteiger partial charge >= 0.3 is 0 Å². The molecule has 106 valence electrons. The molecule has 0 spiro atoms. The summed E-state index contributed by atoms with van der Waals surface area (Å²) in [7, 11) is 1.67. The maximum Gasteiger partial charge on any atom is 0.118 e. The number of methoxy groups -OCH3 is 1. The van der Waals surface area contributed by atoms with Gasteiger partial charge in [-0.2, -0.15) is 0 Å². The Morgan fingerprint density at radius 3 is 2.74 bits per heavy atom. The van der Waals surface area contributed by atoms with Crippen molar-refractivity contribution in [3.05, 3.63) is 29.8 Å². The molecule has 0 aliphatic carbocycles. The van der Waals surface area contributed by atoms with Crippen LogP contribution in [0, 0.1) is 5.92 Å². The number of rotatable bonds is 7. The molecule has 3 nitrogen and oxygen atoms in total. The van der Waals surface area contributed by atoms with Crippen LogP contribution in [-0.4, -0.2) is 31.5 Å². The second kappa shape index (κ2) is 7.51. The second-order valence-corrected chi connectivity index (χ2v) is 5.31. The zero-order chi connectivity index (χ0) is 13.5. The molecule has 3 heteroatoms. The second-order valence-electron chi connectivity index (χ2n) is 5.31. The van der Waals surface area contributed by atoms with Crippen LogP contribution in [0.25, 0.3) is 0 Å². The SMILES string of the molecule is COc1ccc(CC(CO)CCC2CCCO2)cc1. The van der Waals surface area contributed by atoms with Crippen molar-refractivity contribution in [1.82, 2.24) is 0 Å². The molecular weight excluding hydrogens is 240 g/mol. The molecule has 0 saturated carbocycles. The van der Waals surface area contributed by atoms with E-state index in [-0.39, 0.29) is 6.61 Å². The molecule has 0 amide bonds. The lowest BCUT2D eigenvalue weighted by atomic mass is 9.93. The van der Waals surface area contributed by atoms with Gasteiger partial charge in [-0.25, -0.2) is 0 Å². The summed E-state index contributed by atoms with van der Waals surface area (Å²) in [6.07, 6.45) is 5.82. The summed E-state index contributed by atoms with van der Waals surface area (Å²) in [6, 6.07) is 8.11. The molecule has 1 saturated heterocycles. The maximum atomic E-state index is 9.50. The number of hydrogen-bond donors (Lipinski definition) is 1. The summed E-state index contributed by atoms with van der Waals surface area (Å²) >= 11 is 0. The highest BCUT2D eigenvalue weighted by atomic mass is 16.5. The Hall–Kier alpha value is -1.06. The van der Waals surface area contributed by atoms with Gasteiger partial charge in [-0.15, -0.1) is 0 Å².